The lowest BCUT2D eigenvalue weighted by Crippen LogP contribution is -2.34. The Morgan fingerprint density at radius 1 is 1.55 bits per heavy atom. The van der Waals surface area contributed by atoms with E-state index in [9.17, 15) is 0 Å². The molecule has 11 heavy (non-hydrogen) atoms. The van der Waals surface area contributed by atoms with Crippen LogP contribution in [0.25, 0.3) is 0 Å². The smallest absolute Gasteiger partial charge is 0.0548 e. The molecular formula is C9H17BrO. The van der Waals surface area contributed by atoms with Crippen LogP contribution in [-0.4, -0.2) is 18.5 Å². The Morgan fingerprint density at radius 2 is 2.18 bits per heavy atom. The molecule has 0 amide bonds. The molecule has 1 saturated carbocycles. The highest BCUT2D eigenvalue weighted by Crippen LogP contribution is 2.46. The molecule has 1 fully saturated rings. The van der Waals surface area contributed by atoms with Crippen molar-refractivity contribution in [2.75, 3.05) is 12.4 Å². The molecule has 0 spiro atoms. The van der Waals surface area contributed by atoms with Gasteiger partial charge in [-0.3, -0.25) is 0 Å². The lowest BCUT2D eigenvalue weighted by molar-refractivity contribution is 0.0381. The van der Waals surface area contributed by atoms with E-state index in [1.165, 1.54) is 25.7 Å². The Labute approximate surface area is 77.6 Å². The molecule has 0 aromatic carbocycles. The Morgan fingerprint density at radius 3 is 2.45 bits per heavy atom. The maximum Gasteiger partial charge on any atom is 0.0548 e. The van der Waals surface area contributed by atoms with E-state index in [0.717, 1.165) is 5.33 Å². The fraction of sp³-hybridized carbons (Fsp3) is 1.00. The number of hydrogen-bond acceptors (Lipinski definition) is 1. The fourth-order valence-corrected chi connectivity index (χ4v) is 2.55. The summed E-state index contributed by atoms with van der Waals surface area (Å²) in [5.41, 5.74) is 0.579. The van der Waals surface area contributed by atoms with Crippen molar-refractivity contribution in [2.24, 2.45) is 5.41 Å². The Hall–Kier alpha value is 0.440. The second-order valence-electron chi connectivity index (χ2n) is 3.74. The molecule has 0 radical (unpaired) electrons. The van der Waals surface area contributed by atoms with Crippen LogP contribution >= 0.6 is 15.9 Å². The number of ether oxygens (including phenoxy) is 1. The van der Waals surface area contributed by atoms with Crippen LogP contribution in [0.3, 0.4) is 0 Å². The summed E-state index contributed by atoms with van der Waals surface area (Å²) in [5, 5.41) is 1.15. The predicted molar refractivity (Wildman–Crippen MR) is 51.2 cm³/mol. The number of alkyl halides is 1. The lowest BCUT2D eigenvalue weighted by Gasteiger charge is -2.42. The van der Waals surface area contributed by atoms with Crippen molar-refractivity contribution >= 4 is 15.9 Å². The van der Waals surface area contributed by atoms with Crippen LogP contribution in [0.4, 0.5) is 0 Å². The molecule has 0 bridgehead atoms. The quantitative estimate of drug-likeness (QED) is 0.663. The fourth-order valence-electron chi connectivity index (χ4n) is 1.76. The van der Waals surface area contributed by atoms with Gasteiger partial charge in [-0.25, -0.2) is 0 Å². The first kappa shape index (κ1) is 9.53. The van der Waals surface area contributed by atoms with E-state index in [-0.39, 0.29) is 0 Å². The average molecular weight is 221 g/mol. The van der Waals surface area contributed by atoms with E-state index in [4.69, 9.17) is 4.74 Å². The molecule has 0 heterocycles. The highest BCUT2D eigenvalue weighted by atomic mass is 79.9. The first-order chi connectivity index (χ1) is 5.22. The summed E-state index contributed by atoms with van der Waals surface area (Å²) < 4.78 is 5.26. The second-order valence-corrected chi connectivity index (χ2v) is 4.30. The molecule has 1 nitrogen and oxygen atoms in total. The van der Waals surface area contributed by atoms with Gasteiger partial charge in [0.1, 0.15) is 0 Å². The van der Waals surface area contributed by atoms with Gasteiger partial charge in [0.2, 0.25) is 0 Å². The summed E-state index contributed by atoms with van der Waals surface area (Å²) in [6, 6.07) is 0. The van der Waals surface area contributed by atoms with Crippen LogP contribution in [0.1, 0.15) is 32.6 Å². The first-order valence-corrected chi connectivity index (χ1v) is 5.43. The van der Waals surface area contributed by atoms with Gasteiger partial charge >= 0.3 is 0 Å². The van der Waals surface area contributed by atoms with Gasteiger partial charge in [-0.05, 0) is 31.6 Å². The van der Waals surface area contributed by atoms with Crippen LogP contribution in [0.2, 0.25) is 0 Å². The zero-order valence-corrected chi connectivity index (χ0v) is 8.99. The van der Waals surface area contributed by atoms with Gasteiger partial charge in [-0.2, -0.15) is 0 Å². The number of methoxy groups -OCH3 is 1. The SMILES string of the molecule is COC(C)CC1(CBr)CCC1. The third-order valence-electron chi connectivity index (χ3n) is 2.82. The van der Waals surface area contributed by atoms with E-state index < -0.39 is 0 Å². The molecule has 0 aromatic heterocycles. The van der Waals surface area contributed by atoms with Crippen molar-refractivity contribution in [3.8, 4) is 0 Å². The molecule has 2 heteroatoms. The van der Waals surface area contributed by atoms with Crippen LogP contribution in [-0.2, 0) is 4.74 Å². The first-order valence-electron chi connectivity index (χ1n) is 4.31. The molecule has 0 aromatic rings. The standard InChI is InChI=1S/C9H17BrO/c1-8(11-2)6-9(7-10)4-3-5-9/h8H,3-7H2,1-2H3. The summed E-state index contributed by atoms with van der Waals surface area (Å²) in [6.07, 6.45) is 5.81. The molecule has 66 valence electrons. The monoisotopic (exact) mass is 220 g/mol. The van der Waals surface area contributed by atoms with E-state index in [1.807, 2.05) is 0 Å². The van der Waals surface area contributed by atoms with Crippen molar-refractivity contribution in [1.82, 2.24) is 0 Å². The van der Waals surface area contributed by atoms with Crippen molar-refractivity contribution in [3.05, 3.63) is 0 Å². The topological polar surface area (TPSA) is 9.23 Å². The lowest BCUT2D eigenvalue weighted by atomic mass is 9.67. The number of hydrogen-bond donors (Lipinski definition) is 0. The second kappa shape index (κ2) is 3.90. The maximum atomic E-state index is 5.26. The Kier molecular flexibility index (Phi) is 3.38. The Balaban J connectivity index is 2.32. The maximum absolute atomic E-state index is 5.26. The Bertz CT molecular complexity index is 115. The zero-order valence-electron chi connectivity index (χ0n) is 7.40. The molecule has 0 N–H and O–H groups in total. The van der Waals surface area contributed by atoms with E-state index in [0.29, 0.717) is 11.5 Å². The van der Waals surface area contributed by atoms with Gasteiger partial charge in [-0.15, -0.1) is 0 Å². The van der Waals surface area contributed by atoms with Gasteiger partial charge in [-0.1, -0.05) is 22.4 Å². The largest absolute Gasteiger partial charge is 0.382 e. The molecule has 1 atom stereocenters. The molecule has 1 aliphatic rings. The van der Waals surface area contributed by atoms with Gasteiger partial charge in [0, 0.05) is 12.4 Å². The van der Waals surface area contributed by atoms with Crippen molar-refractivity contribution in [3.63, 3.8) is 0 Å². The number of halogens is 1. The third-order valence-corrected chi connectivity index (χ3v) is 4.01. The van der Waals surface area contributed by atoms with Crippen molar-refractivity contribution < 1.29 is 4.74 Å². The van der Waals surface area contributed by atoms with E-state index >= 15 is 0 Å². The van der Waals surface area contributed by atoms with Gasteiger partial charge in [0.25, 0.3) is 0 Å². The van der Waals surface area contributed by atoms with Crippen LogP contribution in [0.15, 0.2) is 0 Å². The third kappa shape index (κ3) is 2.19. The minimum absolute atomic E-state index is 0.424. The van der Waals surface area contributed by atoms with Crippen LogP contribution < -0.4 is 0 Å². The van der Waals surface area contributed by atoms with Crippen molar-refractivity contribution in [2.45, 2.75) is 38.7 Å². The van der Waals surface area contributed by atoms with Gasteiger partial charge in [0.05, 0.1) is 6.10 Å². The molecule has 1 unspecified atom stereocenters. The molecule has 1 aliphatic carbocycles. The van der Waals surface area contributed by atoms with E-state index in [2.05, 4.69) is 22.9 Å². The summed E-state index contributed by atoms with van der Waals surface area (Å²) in [4.78, 5) is 0. The zero-order chi connectivity index (χ0) is 8.32. The van der Waals surface area contributed by atoms with Gasteiger partial charge < -0.3 is 4.74 Å². The van der Waals surface area contributed by atoms with E-state index in [1.54, 1.807) is 7.11 Å². The highest BCUT2D eigenvalue weighted by molar-refractivity contribution is 9.09. The average Bonchev–Trinajstić information content (AvgIpc) is 1.96. The molecule has 0 aliphatic heterocycles. The number of rotatable bonds is 4. The van der Waals surface area contributed by atoms with Crippen LogP contribution in [0, 0.1) is 5.41 Å². The van der Waals surface area contributed by atoms with Crippen LogP contribution in [0.5, 0.6) is 0 Å². The summed E-state index contributed by atoms with van der Waals surface area (Å²) in [7, 11) is 1.80. The molecule has 1 rings (SSSR count). The summed E-state index contributed by atoms with van der Waals surface area (Å²) >= 11 is 3.59. The summed E-state index contributed by atoms with van der Waals surface area (Å²) in [6.45, 7) is 2.16. The highest BCUT2D eigenvalue weighted by Gasteiger charge is 2.36. The molecular weight excluding hydrogens is 204 g/mol. The predicted octanol–water partition coefficient (Wildman–Crippen LogP) is 2.98. The minimum atomic E-state index is 0.424. The van der Waals surface area contributed by atoms with Gasteiger partial charge in [0.15, 0.2) is 0 Å². The molecule has 0 saturated heterocycles. The minimum Gasteiger partial charge on any atom is -0.382 e. The normalized spacial score (nSPS) is 24.3. The summed E-state index contributed by atoms with van der Waals surface area (Å²) in [5.74, 6) is 0. The van der Waals surface area contributed by atoms with Crippen molar-refractivity contribution in [1.29, 1.82) is 0 Å².